The van der Waals surface area contributed by atoms with Crippen LogP contribution in [0.3, 0.4) is 0 Å². The minimum absolute atomic E-state index is 0.403. The molecule has 1 amide bonds. The molecule has 0 atom stereocenters. The number of anilines is 1. The van der Waals surface area contributed by atoms with Gasteiger partial charge in [0.2, 0.25) is 5.91 Å². The van der Waals surface area contributed by atoms with E-state index in [-0.39, 0.29) is 0 Å². The molecular weight excluding hydrogens is 308 g/mol. The minimum atomic E-state index is -0.403. The number of primary amides is 1. The number of amides is 1. The molecule has 3 nitrogen and oxygen atoms in total. The van der Waals surface area contributed by atoms with Gasteiger partial charge in [0.15, 0.2) is 0 Å². The van der Waals surface area contributed by atoms with Crippen molar-refractivity contribution < 1.29 is 4.79 Å². The Labute approximate surface area is 148 Å². The van der Waals surface area contributed by atoms with Gasteiger partial charge in [-0.15, -0.1) is 0 Å². The van der Waals surface area contributed by atoms with Crippen molar-refractivity contribution in [3.8, 4) is 11.1 Å². The highest BCUT2D eigenvalue weighted by atomic mass is 16.1. The van der Waals surface area contributed by atoms with E-state index < -0.39 is 5.91 Å². The summed E-state index contributed by atoms with van der Waals surface area (Å²) in [5, 5.41) is 3.47. The second kappa shape index (κ2) is 7.22. The minimum Gasteiger partial charge on any atom is -0.381 e. The van der Waals surface area contributed by atoms with Crippen LogP contribution >= 0.6 is 0 Å². The highest BCUT2D eigenvalue weighted by Gasteiger charge is 2.08. The lowest BCUT2D eigenvalue weighted by molar-refractivity contribution is 0.1000. The second-order valence-electron chi connectivity index (χ2n) is 6.22. The van der Waals surface area contributed by atoms with Crippen LogP contribution in [-0.2, 0) is 6.54 Å². The predicted octanol–water partition coefficient (Wildman–Crippen LogP) is 4.68. The number of nitrogens with two attached hydrogens (primary N) is 1. The van der Waals surface area contributed by atoms with E-state index in [0.717, 1.165) is 11.3 Å². The smallest absolute Gasteiger partial charge is 0.248 e. The van der Waals surface area contributed by atoms with Gasteiger partial charge in [-0.05, 0) is 59.9 Å². The largest absolute Gasteiger partial charge is 0.381 e. The van der Waals surface area contributed by atoms with E-state index in [0.29, 0.717) is 12.1 Å². The van der Waals surface area contributed by atoms with E-state index >= 15 is 0 Å². The third kappa shape index (κ3) is 3.72. The zero-order chi connectivity index (χ0) is 17.8. The van der Waals surface area contributed by atoms with Gasteiger partial charge in [0, 0.05) is 17.8 Å². The average Bonchev–Trinajstić information content (AvgIpc) is 2.61. The van der Waals surface area contributed by atoms with Crippen molar-refractivity contribution in [1.82, 2.24) is 0 Å². The van der Waals surface area contributed by atoms with Crippen LogP contribution in [0, 0.1) is 13.8 Å². The molecule has 25 heavy (non-hydrogen) atoms. The highest BCUT2D eigenvalue weighted by Crippen LogP contribution is 2.27. The molecule has 0 saturated carbocycles. The topological polar surface area (TPSA) is 55.1 Å². The number of aryl methyl sites for hydroxylation is 2. The van der Waals surface area contributed by atoms with Gasteiger partial charge in [-0.2, -0.15) is 0 Å². The summed E-state index contributed by atoms with van der Waals surface area (Å²) in [5.74, 6) is -0.403. The van der Waals surface area contributed by atoms with Crippen molar-refractivity contribution in [2.75, 3.05) is 5.32 Å². The molecule has 0 aromatic heterocycles. The maximum atomic E-state index is 11.3. The maximum absolute atomic E-state index is 11.3. The van der Waals surface area contributed by atoms with Crippen LogP contribution in [0.4, 0.5) is 5.69 Å². The van der Waals surface area contributed by atoms with E-state index in [2.05, 4.69) is 60.8 Å². The van der Waals surface area contributed by atoms with Crippen molar-refractivity contribution in [3.05, 3.63) is 89.0 Å². The van der Waals surface area contributed by atoms with Gasteiger partial charge in [0.25, 0.3) is 0 Å². The Balaban J connectivity index is 1.86. The van der Waals surface area contributed by atoms with Crippen LogP contribution in [0.1, 0.15) is 27.0 Å². The van der Waals surface area contributed by atoms with Crippen LogP contribution in [0.2, 0.25) is 0 Å². The molecular formula is C22H22N2O. The molecule has 0 saturated heterocycles. The van der Waals surface area contributed by atoms with Gasteiger partial charge < -0.3 is 11.1 Å². The molecule has 3 aromatic rings. The molecule has 0 fully saturated rings. The van der Waals surface area contributed by atoms with E-state index in [4.69, 9.17) is 5.73 Å². The molecule has 0 aliphatic heterocycles. The average molecular weight is 330 g/mol. The predicted molar refractivity (Wildman–Crippen MR) is 104 cm³/mol. The first kappa shape index (κ1) is 16.8. The highest BCUT2D eigenvalue weighted by molar-refractivity contribution is 5.93. The van der Waals surface area contributed by atoms with Crippen LogP contribution in [0.25, 0.3) is 11.1 Å². The lowest BCUT2D eigenvalue weighted by atomic mass is 9.96. The summed E-state index contributed by atoms with van der Waals surface area (Å²) in [6, 6.07) is 22.3. The summed E-state index contributed by atoms with van der Waals surface area (Å²) in [4.78, 5) is 11.3. The molecule has 3 rings (SSSR count). The zero-order valence-electron chi connectivity index (χ0n) is 14.5. The first-order chi connectivity index (χ1) is 12.1. The van der Waals surface area contributed by atoms with Gasteiger partial charge >= 0.3 is 0 Å². The van der Waals surface area contributed by atoms with Crippen LogP contribution in [0.15, 0.2) is 66.7 Å². The van der Waals surface area contributed by atoms with Crippen molar-refractivity contribution in [1.29, 1.82) is 0 Å². The number of hydrogen-bond acceptors (Lipinski definition) is 2. The number of nitrogens with one attached hydrogen (secondary N) is 1. The number of hydrogen-bond donors (Lipinski definition) is 2. The number of rotatable bonds is 5. The fourth-order valence-corrected chi connectivity index (χ4v) is 3.02. The molecule has 0 aliphatic rings. The maximum Gasteiger partial charge on any atom is 0.248 e. The van der Waals surface area contributed by atoms with Crippen LogP contribution < -0.4 is 11.1 Å². The fourth-order valence-electron chi connectivity index (χ4n) is 3.02. The molecule has 3 N–H and O–H groups in total. The van der Waals surface area contributed by atoms with Gasteiger partial charge in [-0.1, -0.05) is 48.5 Å². The lowest BCUT2D eigenvalue weighted by Gasteiger charge is -2.15. The summed E-state index contributed by atoms with van der Waals surface area (Å²) < 4.78 is 0. The summed E-state index contributed by atoms with van der Waals surface area (Å²) in [6.45, 7) is 4.82. The van der Waals surface area contributed by atoms with Crippen molar-refractivity contribution in [2.24, 2.45) is 5.73 Å². The van der Waals surface area contributed by atoms with Crippen molar-refractivity contribution in [3.63, 3.8) is 0 Å². The molecule has 0 radical (unpaired) electrons. The third-order valence-corrected chi connectivity index (χ3v) is 4.43. The SMILES string of the molecule is Cc1cc(C(N)=O)ccc1NCc1ccccc1-c1ccccc1C. The van der Waals surface area contributed by atoms with Gasteiger partial charge in [0.1, 0.15) is 0 Å². The Kier molecular flexibility index (Phi) is 4.85. The standard InChI is InChI=1S/C22H22N2O/c1-15-7-3-5-9-19(15)20-10-6-4-8-18(20)14-24-21-12-11-17(22(23)25)13-16(21)2/h3-13,24H,14H2,1-2H3,(H2,23,25). The van der Waals surface area contributed by atoms with Gasteiger partial charge in [0.05, 0.1) is 0 Å². The quantitative estimate of drug-likeness (QED) is 0.713. The van der Waals surface area contributed by atoms with E-state index in [9.17, 15) is 4.79 Å². The summed E-state index contributed by atoms with van der Waals surface area (Å²) >= 11 is 0. The second-order valence-corrected chi connectivity index (χ2v) is 6.22. The molecule has 3 heteroatoms. The zero-order valence-corrected chi connectivity index (χ0v) is 14.5. The van der Waals surface area contributed by atoms with Gasteiger partial charge in [-0.3, -0.25) is 4.79 Å². The van der Waals surface area contributed by atoms with Crippen LogP contribution in [0.5, 0.6) is 0 Å². The van der Waals surface area contributed by atoms with Crippen LogP contribution in [-0.4, -0.2) is 5.91 Å². The molecule has 0 unspecified atom stereocenters. The molecule has 0 heterocycles. The third-order valence-electron chi connectivity index (χ3n) is 4.43. The summed E-state index contributed by atoms with van der Waals surface area (Å²) in [6.07, 6.45) is 0. The van der Waals surface area contributed by atoms with E-state index in [1.165, 1.54) is 22.3 Å². The molecule has 0 spiro atoms. The Hall–Kier alpha value is -3.07. The molecule has 0 bridgehead atoms. The van der Waals surface area contributed by atoms with E-state index in [1.807, 2.05) is 19.1 Å². The summed E-state index contributed by atoms with van der Waals surface area (Å²) in [5.41, 5.74) is 12.9. The first-order valence-corrected chi connectivity index (χ1v) is 8.34. The first-order valence-electron chi connectivity index (χ1n) is 8.34. The summed E-state index contributed by atoms with van der Waals surface area (Å²) in [7, 11) is 0. The Morgan fingerprint density at radius 1 is 0.880 bits per heavy atom. The Morgan fingerprint density at radius 2 is 1.56 bits per heavy atom. The molecule has 126 valence electrons. The fraction of sp³-hybridized carbons (Fsp3) is 0.136. The normalized spacial score (nSPS) is 10.5. The molecule has 3 aromatic carbocycles. The number of carbonyl (C=O) groups excluding carboxylic acids is 1. The van der Waals surface area contributed by atoms with Crippen molar-refractivity contribution >= 4 is 11.6 Å². The monoisotopic (exact) mass is 330 g/mol. The number of benzene rings is 3. The van der Waals surface area contributed by atoms with Crippen molar-refractivity contribution in [2.45, 2.75) is 20.4 Å². The Morgan fingerprint density at radius 3 is 2.24 bits per heavy atom. The molecule has 0 aliphatic carbocycles. The Bertz CT molecular complexity index is 915. The number of carbonyl (C=O) groups is 1. The van der Waals surface area contributed by atoms with Gasteiger partial charge in [-0.25, -0.2) is 0 Å². The lowest BCUT2D eigenvalue weighted by Crippen LogP contribution is -2.11. The van der Waals surface area contributed by atoms with E-state index in [1.54, 1.807) is 6.07 Å².